The predicted octanol–water partition coefficient (Wildman–Crippen LogP) is 2.79. The molecule has 0 aromatic carbocycles. The molecule has 216 valence electrons. The molecular formula is C29H36N8O4. The van der Waals surface area contributed by atoms with Crippen LogP contribution in [0.3, 0.4) is 0 Å². The number of hydrogen-bond acceptors (Lipinski definition) is 9. The standard InChI is InChI=1S/C29H36N8O4/c1-35-10-11-36(27(39)17-35)16-20-12-19-4-3-9-37(28(19)33-25(20)18-38)29(40)34-26-13-24(21(14-30)15-31-26)32-22-5-7-23(41-2)8-6-22/h12-13,15,18,22-23H,3-11,16-17H2,1-2H3,(H2,31,32,34,40). The Bertz CT molecular complexity index is 1350. The summed E-state index contributed by atoms with van der Waals surface area (Å²) in [5.41, 5.74) is 2.80. The number of nitrogens with one attached hydrogen (secondary N) is 2. The molecule has 4 heterocycles. The van der Waals surface area contributed by atoms with Gasteiger partial charge in [0.15, 0.2) is 6.29 Å². The van der Waals surface area contributed by atoms with Gasteiger partial charge in [-0.2, -0.15) is 5.26 Å². The van der Waals surface area contributed by atoms with Gasteiger partial charge in [0.25, 0.3) is 0 Å². The fraction of sp³-hybridized carbons (Fsp3) is 0.517. The van der Waals surface area contributed by atoms with Gasteiger partial charge in [0.05, 0.1) is 23.9 Å². The molecule has 0 radical (unpaired) electrons. The van der Waals surface area contributed by atoms with E-state index in [1.54, 1.807) is 18.1 Å². The summed E-state index contributed by atoms with van der Waals surface area (Å²) < 4.78 is 5.46. The highest BCUT2D eigenvalue weighted by Crippen LogP contribution is 2.30. The molecule has 41 heavy (non-hydrogen) atoms. The lowest BCUT2D eigenvalue weighted by Gasteiger charge is -2.33. The van der Waals surface area contributed by atoms with Crippen LogP contribution >= 0.6 is 0 Å². The van der Waals surface area contributed by atoms with Crippen LogP contribution in [0.25, 0.3) is 0 Å². The number of urea groups is 1. The van der Waals surface area contributed by atoms with Gasteiger partial charge < -0.3 is 15.0 Å². The van der Waals surface area contributed by atoms with E-state index in [-0.39, 0.29) is 23.7 Å². The average molecular weight is 561 g/mol. The van der Waals surface area contributed by atoms with Crippen LogP contribution in [0, 0.1) is 11.3 Å². The minimum absolute atomic E-state index is 0.0146. The number of carbonyl (C=O) groups excluding carboxylic acids is 3. The van der Waals surface area contributed by atoms with Crippen molar-refractivity contribution in [2.75, 3.05) is 55.9 Å². The number of aromatic nitrogens is 2. The molecule has 2 aromatic rings. The van der Waals surface area contributed by atoms with E-state index in [1.807, 2.05) is 18.0 Å². The smallest absolute Gasteiger partial charge is 0.328 e. The first-order chi connectivity index (χ1) is 19.9. The topological polar surface area (TPSA) is 144 Å². The van der Waals surface area contributed by atoms with Gasteiger partial charge in [0, 0.05) is 57.2 Å². The van der Waals surface area contributed by atoms with Crippen LogP contribution in [0.15, 0.2) is 18.3 Å². The summed E-state index contributed by atoms with van der Waals surface area (Å²) in [5, 5.41) is 15.9. The fourth-order valence-electron chi connectivity index (χ4n) is 5.76. The van der Waals surface area contributed by atoms with Crippen molar-refractivity contribution in [2.45, 2.75) is 57.2 Å². The van der Waals surface area contributed by atoms with Crippen LogP contribution in [0.1, 0.15) is 59.3 Å². The lowest BCUT2D eigenvalue weighted by Crippen LogP contribution is -2.48. The Kier molecular flexibility index (Phi) is 8.75. The summed E-state index contributed by atoms with van der Waals surface area (Å²) in [7, 11) is 3.64. The van der Waals surface area contributed by atoms with Crippen LogP contribution in [0.2, 0.25) is 0 Å². The third-order valence-electron chi connectivity index (χ3n) is 8.13. The Morgan fingerprint density at radius 2 is 2.02 bits per heavy atom. The molecule has 0 unspecified atom stereocenters. The maximum atomic E-state index is 13.4. The first-order valence-corrected chi connectivity index (χ1v) is 14.1. The van der Waals surface area contributed by atoms with Gasteiger partial charge >= 0.3 is 6.03 Å². The number of pyridine rings is 2. The monoisotopic (exact) mass is 560 g/mol. The second-order valence-electron chi connectivity index (χ2n) is 11.0. The first kappa shape index (κ1) is 28.4. The van der Waals surface area contributed by atoms with Crippen LogP contribution in [-0.2, 0) is 22.5 Å². The molecule has 2 fully saturated rings. The lowest BCUT2D eigenvalue weighted by molar-refractivity contribution is -0.136. The average Bonchev–Trinajstić information content (AvgIpc) is 2.98. The summed E-state index contributed by atoms with van der Waals surface area (Å²) in [4.78, 5) is 52.0. The van der Waals surface area contributed by atoms with Crippen LogP contribution in [0.5, 0.6) is 0 Å². The number of fused-ring (bicyclic) bond motifs is 1. The predicted molar refractivity (Wildman–Crippen MR) is 153 cm³/mol. The number of carbonyl (C=O) groups is 3. The quantitative estimate of drug-likeness (QED) is 0.489. The van der Waals surface area contributed by atoms with Gasteiger partial charge in [0.1, 0.15) is 23.4 Å². The molecule has 1 saturated heterocycles. The lowest BCUT2D eigenvalue weighted by atomic mass is 9.92. The van der Waals surface area contributed by atoms with Crippen molar-refractivity contribution in [1.82, 2.24) is 19.8 Å². The van der Waals surface area contributed by atoms with E-state index in [0.29, 0.717) is 67.3 Å². The Morgan fingerprint density at radius 3 is 2.73 bits per heavy atom. The number of likely N-dealkylation sites (N-methyl/N-ethyl adjacent to an activating group) is 1. The first-order valence-electron chi connectivity index (χ1n) is 14.1. The molecule has 2 N–H and O–H groups in total. The maximum Gasteiger partial charge on any atom is 0.328 e. The SMILES string of the molecule is COC1CCC(Nc2cc(NC(=O)N3CCCc4cc(CN5CCN(C)CC5=O)c(C=O)nc43)ncc2C#N)CC1. The highest BCUT2D eigenvalue weighted by molar-refractivity contribution is 6.02. The van der Waals surface area contributed by atoms with Crippen molar-refractivity contribution in [3.8, 4) is 6.07 Å². The second kappa shape index (κ2) is 12.6. The number of ether oxygens (including phenoxy) is 1. The van der Waals surface area contributed by atoms with Gasteiger partial charge in [-0.15, -0.1) is 0 Å². The Morgan fingerprint density at radius 1 is 1.22 bits per heavy atom. The molecule has 0 spiro atoms. The van der Waals surface area contributed by atoms with Crippen molar-refractivity contribution < 1.29 is 19.1 Å². The third-order valence-corrected chi connectivity index (χ3v) is 8.13. The molecule has 0 bridgehead atoms. The minimum Gasteiger partial charge on any atom is -0.381 e. The van der Waals surface area contributed by atoms with Crippen molar-refractivity contribution >= 4 is 35.5 Å². The van der Waals surface area contributed by atoms with Gasteiger partial charge in [-0.25, -0.2) is 14.8 Å². The molecule has 2 aliphatic heterocycles. The third kappa shape index (κ3) is 6.47. The van der Waals surface area contributed by atoms with Crippen LogP contribution in [-0.4, -0.2) is 90.5 Å². The Hall–Kier alpha value is -4.08. The molecular weight excluding hydrogens is 524 g/mol. The zero-order valence-electron chi connectivity index (χ0n) is 23.6. The Balaban J connectivity index is 1.31. The number of nitrogens with zero attached hydrogens (tertiary/aromatic N) is 6. The van der Waals surface area contributed by atoms with E-state index in [0.717, 1.165) is 44.2 Å². The normalized spacial score (nSPS) is 21.1. The van der Waals surface area contributed by atoms with E-state index in [1.165, 1.54) is 11.1 Å². The van der Waals surface area contributed by atoms with E-state index in [2.05, 4.69) is 26.7 Å². The Labute approximate surface area is 239 Å². The summed E-state index contributed by atoms with van der Waals surface area (Å²) in [6.45, 7) is 2.44. The van der Waals surface area contributed by atoms with Crippen molar-refractivity contribution in [3.05, 3.63) is 40.7 Å². The van der Waals surface area contributed by atoms with Crippen LogP contribution < -0.4 is 15.5 Å². The minimum atomic E-state index is -0.416. The van der Waals surface area contributed by atoms with Crippen molar-refractivity contribution in [1.29, 1.82) is 5.26 Å². The number of aldehydes is 1. The number of anilines is 3. The molecule has 2 aromatic heterocycles. The number of piperazine rings is 1. The number of methoxy groups -OCH3 is 1. The molecule has 1 saturated carbocycles. The highest BCUT2D eigenvalue weighted by atomic mass is 16.5. The van der Waals surface area contributed by atoms with Gasteiger partial charge in [-0.3, -0.25) is 24.7 Å². The summed E-state index contributed by atoms with van der Waals surface area (Å²) in [6.07, 6.45) is 7.59. The van der Waals surface area contributed by atoms with E-state index in [9.17, 15) is 19.6 Å². The number of rotatable bonds is 7. The molecule has 0 atom stereocenters. The summed E-state index contributed by atoms with van der Waals surface area (Å²) >= 11 is 0. The largest absolute Gasteiger partial charge is 0.381 e. The van der Waals surface area contributed by atoms with E-state index >= 15 is 0 Å². The number of hydrogen-bond donors (Lipinski definition) is 2. The van der Waals surface area contributed by atoms with Gasteiger partial charge in [-0.05, 0) is 57.2 Å². The number of aryl methyl sites for hydroxylation is 1. The van der Waals surface area contributed by atoms with Crippen molar-refractivity contribution in [2.24, 2.45) is 0 Å². The summed E-state index contributed by atoms with van der Waals surface area (Å²) in [6, 6.07) is 5.54. The number of nitriles is 1. The second-order valence-corrected chi connectivity index (χ2v) is 11.0. The van der Waals surface area contributed by atoms with Gasteiger partial charge in [-0.1, -0.05) is 0 Å². The van der Waals surface area contributed by atoms with E-state index in [4.69, 9.17) is 4.74 Å². The molecule has 1 aliphatic carbocycles. The van der Waals surface area contributed by atoms with Crippen molar-refractivity contribution in [3.63, 3.8) is 0 Å². The fourth-order valence-corrected chi connectivity index (χ4v) is 5.76. The molecule has 12 nitrogen and oxygen atoms in total. The van der Waals surface area contributed by atoms with Gasteiger partial charge in [0.2, 0.25) is 5.91 Å². The van der Waals surface area contributed by atoms with E-state index < -0.39 is 6.03 Å². The molecule has 3 aliphatic rings. The molecule has 12 heteroatoms. The molecule has 5 rings (SSSR count). The molecule has 3 amide bonds. The highest BCUT2D eigenvalue weighted by Gasteiger charge is 2.28. The zero-order valence-corrected chi connectivity index (χ0v) is 23.6. The number of amides is 3. The van der Waals surface area contributed by atoms with Crippen LogP contribution in [0.4, 0.5) is 22.1 Å². The zero-order chi connectivity index (χ0) is 28.9. The summed E-state index contributed by atoms with van der Waals surface area (Å²) in [5.74, 6) is 0.766. The maximum absolute atomic E-state index is 13.4.